The Morgan fingerprint density at radius 1 is 1.21 bits per heavy atom. The molecule has 1 aliphatic heterocycles. The van der Waals surface area contributed by atoms with Gasteiger partial charge in [0.1, 0.15) is 11.3 Å². The molecule has 2 aromatic rings. The Balaban J connectivity index is 2.05. The number of halogens is 2. The van der Waals surface area contributed by atoms with Crippen molar-refractivity contribution in [2.75, 3.05) is 23.7 Å². The first-order valence-corrected chi connectivity index (χ1v) is 9.30. The lowest BCUT2D eigenvalue weighted by molar-refractivity contribution is 0.0695. The standard InChI is InChI=1S/C19H22F2N4O3/c1-8-5-24(6-9(2)23-8)17-13(20)15(22)12-16(14(17)21)25(10-3-4-10)7-11(18(12)26)19(27)28/h7-10,23H,3-6,22H2,1-2H3,(H,27,28)/t8-,9?/m0/s1. The van der Waals surface area contributed by atoms with Crippen LogP contribution in [0.3, 0.4) is 0 Å². The number of nitrogens with two attached hydrogens (primary N) is 1. The molecular weight excluding hydrogens is 370 g/mol. The van der Waals surface area contributed by atoms with Crippen molar-refractivity contribution in [1.29, 1.82) is 0 Å². The van der Waals surface area contributed by atoms with Gasteiger partial charge in [0.25, 0.3) is 0 Å². The third-order valence-electron chi connectivity index (χ3n) is 5.41. The first-order valence-electron chi connectivity index (χ1n) is 9.30. The number of benzene rings is 1. The summed E-state index contributed by atoms with van der Waals surface area (Å²) in [7, 11) is 0. The summed E-state index contributed by atoms with van der Waals surface area (Å²) >= 11 is 0. The minimum atomic E-state index is -1.45. The number of hydrogen-bond donors (Lipinski definition) is 3. The summed E-state index contributed by atoms with van der Waals surface area (Å²) in [6.07, 6.45) is 2.60. The van der Waals surface area contributed by atoms with Crippen molar-refractivity contribution in [1.82, 2.24) is 9.88 Å². The van der Waals surface area contributed by atoms with E-state index in [1.165, 1.54) is 4.57 Å². The molecule has 2 heterocycles. The van der Waals surface area contributed by atoms with Crippen LogP contribution in [0.5, 0.6) is 0 Å². The van der Waals surface area contributed by atoms with E-state index in [-0.39, 0.29) is 29.3 Å². The molecular formula is C19H22F2N4O3. The van der Waals surface area contributed by atoms with Gasteiger partial charge < -0.3 is 25.6 Å². The molecule has 0 bridgehead atoms. The second-order valence-electron chi connectivity index (χ2n) is 7.80. The van der Waals surface area contributed by atoms with Crippen LogP contribution in [0.25, 0.3) is 10.9 Å². The number of carboxylic acid groups (broad SMARTS) is 1. The quantitative estimate of drug-likeness (QED) is 0.692. The summed E-state index contributed by atoms with van der Waals surface area (Å²) in [5.41, 5.74) is 3.54. The molecule has 0 spiro atoms. The van der Waals surface area contributed by atoms with Crippen LogP contribution >= 0.6 is 0 Å². The first-order chi connectivity index (χ1) is 13.2. The second-order valence-corrected chi connectivity index (χ2v) is 7.80. The van der Waals surface area contributed by atoms with Crippen LogP contribution in [0.4, 0.5) is 20.2 Å². The Labute approximate surface area is 159 Å². The van der Waals surface area contributed by atoms with Crippen molar-refractivity contribution in [3.05, 3.63) is 33.6 Å². The summed E-state index contributed by atoms with van der Waals surface area (Å²) in [5.74, 6) is -3.34. The van der Waals surface area contributed by atoms with Crippen LogP contribution in [0, 0.1) is 11.6 Å². The lowest BCUT2D eigenvalue weighted by atomic mass is 10.0. The predicted molar refractivity (Wildman–Crippen MR) is 102 cm³/mol. The molecule has 1 aromatic carbocycles. The molecule has 2 atom stereocenters. The van der Waals surface area contributed by atoms with Crippen LogP contribution in [-0.2, 0) is 0 Å². The van der Waals surface area contributed by atoms with Crippen molar-refractivity contribution in [2.24, 2.45) is 0 Å². The van der Waals surface area contributed by atoms with Gasteiger partial charge in [-0.1, -0.05) is 0 Å². The minimum Gasteiger partial charge on any atom is -0.477 e. The molecule has 28 heavy (non-hydrogen) atoms. The van der Waals surface area contributed by atoms with Gasteiger partial charge in [-0.3, -0.25) is 4.79 Å². The lowest BCUT2D eigenvalue weighted by Crippen LogP contribution is -2.54. The average Bonchev–Trinajstić information content (AvgIpc) is 3.43. The number of hydrogen-bond acceptors (Lipinski definition) is 5. The van der Waals surface area contributed by atoms with E-state index in [1.807, 2.05) is 13.8 Å². The summed E-state index contributed by atoms with van der Waals surface area (Å²) in [6.45, 7) is 4.60. The average molecular weight is 392 g/mol. The summed E-state index contributed by atoms with van der Waals surface area (Å²) < 4.78 is 32.2. The van der Waals surface area contributed by atoms with Gasteiger partial charge in [-0.15, -0.1) is 0 Å². The van der Waals surface area contributed by atoms with E-state index in [4.69, 9.17) is 5.73 Å². The number of fused-ring (bicyclic) bond motifs is 1. The maximum Gasteiger partial charge on any atom is 0.341 e. The number of anilines is 2. The third-order valence-corrected chi connectivity index (χ3v) is 5.41. The number of aromatic carboxylic acids is 1. The maximum atomic E-state index is 15.6. The topological polar surface area (TPSA) is 101 Å². The molecule has 150 valence electrons. The van der Waals surface area contributed by atoms with Gasteiger partial charge in [-0.05, 0) is 26.7 Å². The SMILES string of the molecule is CC1CN(c2c(F)c(N)c3c(=O)c(C(=O)O)cn(C4CC4)c3c2F)C[C@H](C)N1. The van der Waals surface area contributed by atoms with E-state index in [0.717, 1.165) is 19.0 Å². The molecule has 0 amide bonds. The van der Waals surface area contributed by atoms with Gasteiger partial charge in [-0.2, -0.15) is 0 Å². The molecule has 1 saturated heterocycles. The highest BCUT2D eigenvalue weighted by atomic mass is 19.1. The Hall–Kier alpha value is -2.68. The van der Waals surface area contributed by atoms with Crippen molar-refractivity contribution in [3.63, 3.8) is 0 Å². The Morgan fingerprint density at radius 3 is 2.36 bits per heavy atom. The Bertz CT molecular complexity index is 1040. The molecule has 4 N–H and O–H groups in total. The molecule has 1 saturated carbocycles. The van der Waals surface area contributed by atoms with Crippen LogP contribution < -0.4 is 21.4 Å². The molecule has 1 aromatic heterocycles. The number of nitrogens with one attached hydrogen (secondary N) is 1. The predicted octanol–water partition coefficient (Wildman–Crippen LogP) is 2.08. The molecule has 4 rings (SSSR count). The minimum absolute atomic E-state index is 0.0134. The van der Waals surface area contributed by atoms with Gasteiger partial charge >= 0.3 is 5.97 Å². The summed E-state index contributed by atoms with van der Waals surface area (Å²) in [4.78, 5) is 25.7. The first kappa shape index (κ1) is 18.7. The van der Waals surface area contributed by atoms with Gasteiger partial charge in [0, 0.05) is 37.4 Å². The number of rotatable bonds is 3. The largest absolute Gasteiger partial charge is 0.477 e. The van der Waals surface area contributed by atoms with Crippen molar-refractivity contribution >= 4 is 28.2 Å². The smallest absolute Gasteiger partial charge is 0.341 e. The number of carboxylic acids is 1. The van der Waals surface area contributed by atoms with Crippen molar-refractivity contribution < 1.29 is 18.7 Å². The third kappa shape index (κ3) is 2.81. The zero-order valence-electron chi connectivity index (χ0n) is 15.6. The fourth-order valence-corrected chi connectivity index (χ4v) is 4.13. The molecule has 0 radical (unpaired) electrons. The zero-order valence-corrected chi connectivity index (χ0v) is 15.6. The summed E-state index contributed by atoms with van der Waals surface area (Å²) in [6, 6.07) is -0.103. The monoisotopic (exact) mass is 392 g/mol. The van der Waals surface area contributed by atoms with E-state index >= 15 is 8.78 Å². The number of aromatic nitrogens is 1. The number of nitrogen functional groups attached to an aromatic ring is 1. The van der Waals surface area contributed by atoms with Crippen molar-refractivity contribution in [3.8, 4) is 0 Å². The zero-order chi connectivity index (χ0) is 20.3. The fraction of sp³-hybridized carbons (Fsp3) is 0.474. The van der Waals surface area contributed by atoms with Crippen molar-refractivity contribution in [2.45, 2.75) is 44.8 Å². The molecule has 1 unspecified atom stereocenters. The van der Waals surface area contributed by atoms with Crippen LogP contribution in [0.2, 0.25) is 0 Å². The maximum absolute atomic E-state index is 15.6. The second kappa shape index (κ2) is 6.44. The molecule has 2 aliphatic rings. The number of piperazine rings is 1. The fourth-order valence-electron chi connectivity index (χ4n) is 4.13. The van der Waals surface area contributed by atoms with E-state index in [9.17, 15) is 14.7 Å². The van der Waals surface area contributed by atoms with Gasteiger partial charge in [-0.25, -0.2) is 13.6 Å². The van der Waals surface area contributed by atoms with Crippen LogP contribution in [-0.4, -0.2) is 40.8 Å². The highest BCUT2D eigenvalue weighted by molar-refractivity contribution is 5.99. The molecule has 2 fully saturated rings. The highest BCUT2D eigenvalue weighted by Gasteiger charge is 2.34. The van der Waals surface area contributed by atoms with Gasteiger partial charge in [0.15, 0.2) is 11.6 Å². The highest BCUT2D eigenvalue weighted by Crippen LogP contribution is 2.41. The number of pyridine rings is 1. The Kier molecular flexibility index (Phi) is 4.29. The van der Waals surface area contributed by atoms with E-state index in [1.54, 1.807) is 4.90 Å². The van der Waals surface area contributed by atoms with Crippen LogP contribution in [0.1, 0.15) is 43.1 Å². The Morgan fingerprint density at radius 2 is 1.82 bits per heavy atom. The van der Waals surface area contributed by atoms with E-state index in [2.05, 4.69) is 5.32 Å². The van der Waals surface area contributed by atoms with Crippen LogP contribution in [0.15, 0.2) is 11.0 Å². The van der Waals surface area contributed by atoms with Gasteiger partial charge in [0.05, 0.1) is 16.6 Å². The van der Waals surface area contributed by atoms with Gasteiger partial charge in [0.2, 0.25) is 5.43 Å². The lowest BCUT2D eigenvalue weighted by Gasteiger charge is -2.38. The number of carbonyl (C=O) groups is 1. The van der Waals surface area contributed by atoms with E-state index < -0.39 is 39.7 Å². The van der Waals surface area contributed by atoms with E-state index in [0.29, 0.717) is 13.1 Å². The normalized spacial score (nSPS) is 22.6. The molecule has 9 heteroatoms. The molecule has 1 aliphatic carbocycles. The summed E-state index contributed by atoms with van der Waals surface area (Å²) in [5, 5.41) is 12.2. The number of nitrogens with zero attached hydrogens (tertiary/aromatic N) is 2. The molecule has 7 nitrogen and oxygen atoms in total.